The van der Waals surface area contributed by atoms with Crippen molar-refractivity contribution in [2.45, 2.75) is 26.1 Å². The zero-order chi connectivity index (χ0) is 12.4. The number of ether oxygens (including phenoxy) is 1. The number of aliphatic carboxylic acids is 2. The fourth-order valence-corrected chi connectivity index (χ4v) is 0. The van der Waals surface area contributed by atoms with Crippen molar-refractivity contribution in [3.63, 3.8) is 0 Å². The van der Waals surface area contributed by atoms with Crippen LogP contribution in [0.1, 0.15) is 13.8 Å². The number of carboxylic acid groups (broad SMARTS) is 2. The molecule has 90 valence electrons. The second kappa shape index (κ2) is 9.38. The molecule has 7 nitrogen and oxygen atoms in total. The summed E-state index contributed by atoms with van der Waals surface area (Å²) in [6.07, 6.45) is -2.46. The van der Waals surface area contributed by atoms with Crippen molar-refractivity contribution in [2.75, 3.05) is 13.2 Å². The fraction of sp³-hybridized carbons (Fsp3) is 0.750. The molecular weight excluding hydrogens is 208 g/mol. The SMILES string of the molecule is C1CO1.CC(O)C(=O)O.CC(O)C(=O)O. The molecule has 4 N–H and O–H groups in total. The van der Waals surface area contributed by atoms with E-state index >= 15 is 0 Å². The molecule has 7 heteroatoms. The smallest absolute Gasteiger partial charge is 0.332 e. The van der Waals surface area contributed by atoms with E-state index in [9.17, 15) is 9.59 Å². The molecule has 0 spiro atoms. The van der Waals surface area contributed by atoms with Crippen LogP contribution in [0.3, 0.4) is 0 Å². The molecule has 2 atom stereocenters. The van der Waals surface area contributed by atoms with E-state index in [1.54, 1.807) is 0 Å². The summed E-state index contributed by atoms with van der Waals surface area (Å²) in [5, 5.41) is 31.5. The molecule has 1 fully saturated rings. The van der Waals surface area contributed by atoms with Crippen molar-refractivity contribution in [3.05, 3.63) is 0 Å². The lowest BCUT2D eigenvalue weighted by atomic mass is 10.4. The van der Waals surface area contributed by atoms with Gasteiger partial charge in [0.25, 0.3) is 0 Å². The largest absolute Gasteiger partial charge is 0.479 e. The summed E-state index contributed by atoms with van der Waals surface area (Å²) in [4.78, 5) is 18.9. The Labute approximate surface area is 86.9 Å². The van der Waals surface area contributed by atoms with Crippen molar-refractivity contribution in [2.24, 2.45) is 0 Å². The third kappa shape index (κ3) is 24.5. The van der Waals surface area contributed by atoms with Gasteiger partial charge in [0.2, 0.25) is 0 Å². The maximum absolute atomic E-state index is 9.45. The number of epoxide rings is 1. The highest BCUT2D eigenvalue weighted by atomic mass is 16.6. The Kier molecular flexibility index (Phi) is 10.2. The van der Waals surface area contributed by atoms with Crippen LogP contribution in [-0.4, -0.2) is 57.8 Å². The van der Waals surface area contributed by atoms with Crippen LogP contribution in [0.15, 0.2) is 0 Å². The summed E-state index contributed by atoms with van der Waals surface area (Å²) in [5.41, 5.74) is 0. The minimum atomic E-state index is -1.23. The fourth-order valence-electron chi connectivity index (χ4n) is 0. The zero-order valence-corrected chi connectivity index (χ0v) is 8.58. The molecule has 0 amide bonds. The summed E-state index contributed by atoms with van der Waals surface area (Å²) < 4.78 is 4.50. The van der Waals surface area contributed by atoms with Gasteiger partial charge in [-0.2, -0.15) is 0 Å². The Morgan fingerprint density at radius 1 is 1.00 bits per heavy atom. The molecule has 15 heavy (non-hydrogen) atoms. The predicted molar refractivity (Wildman–Crippen MR) is 49.5 cm³/mol. The van der Waals surface area contributed by atoms with Gasteiger partial charge in [0.15, 0.2) is 0 Å². The molecule has 1 aliphatic rings. The number of hydrogen-bond donors (Lipinski definition) is 4. The minimum absolute atomic E-state index is 1.00. The minimum Gasteiger partial charge on any atom is -0.479 e. The molecule has 0 aromatic rings. The first kappa shape index (κ1) is 16.3. The Bertz CT molecular complexity index is 165. The quantitative estimate of drug-likeness (QED) is 0.439. The lowest BCUT2D eigenvalue weighted by molar-refractivity contribution is -0.146. The van der Waals surface area contributed by atoms with Crippen molar-refractivity contribution < 1.29 is 34.8 Å². The first-order valence-electron chi connectivity index (χ1n) is 4.18. The summed E-state index contributed by atoms with van der Waals surface area (Å²) in [5.74, 6) is -2.37. The average molecular weight is 224 g/mol. The van der Waals surface area contributed by atoms with Gasteiger partial charge in [-0.25, -0.2) is 9.59 Å². The molecule has 1 rings (SSSR count). The van der Waals surface area contributed by atoms with Gasteiger partial charge in [0, 0.05) is 0 Å². The molecule has 0 aromatic heterocycles. The van der Waals surface area contributed by atoms with Crippen LogP contribution in [0.5, 0.6) is 0 Å². The van der Waals surface area contributed by atoms with Crippen LogP contribution < -0.4 is 0 Å². The Morgan fingerprint density at radius 3 is 1.13 bits per heavy atom. The Hall–Kier alpha value is -1.18. The van der Waals surface area contributed by atoms with Crippen LogP contribution in [0.25, 0.3) is 0 Å². The highest BCUT2D eigenvalue weighted by Crippen LogP contribution is 1.84. The Balaban J connectivity index is 0. The maximum atomic E-state index is 9.45. The van der Waals surface area contributed by atoms with E-state index in [-0.39, 0.29) is 0 Å². The van der Waals surface area contributed by atoms with Crippen molar-refractivity contribution in [1.82, 2.24) is 0 Å². The van der Waals surface area contributed by atoms with Gasteiger partial charge in [0.05, 0.1) is 13.2 Å². The number of aliphatic hydroxyl groups excluding tert-OH is 2. The highest BCUT2D eigenvalue weighted by Gasteiger charge is 2.02. The van der Waals surface area contributed by atoms with E-state index in [0.29, 0.717) is 0 Å². The van der Waals surface area contributed by atoms with E-state index < -0.39 is 24.1 Å². The second-order valence-corrected chi connectivity index (χ2v) is 2.64. The van der Waals surface area contributed by atoms with Crippen LogP contribution in [0.2, 0.25) is 0 Å². The monoisotopic (exact) mass is 224 g/mol. The van der Waals surface area contributed by atoms with Gasteiger partial charge in [-0.05, 0) is 13.8 Å². The van der Waals surface area contributed by atoms with Crippen LogP contribution in [-0.2, 0) is 14.3 Å². The molecule has 0 aromatic carbocycles. The molecule has 0 aliphatic carbocycles. The van der Waals surface area contributed by atoms with E-state index in [4.69, 9.17) is 20.4 Å². The lowest BCUT2D eigenvalue weighted by Crippen LogP contribution is -2.13. The summed E-state index contributed by atoms with van der Waals surface area (Å²) in [7, 11) is 0. The number of rotatable bonds is 2. The van der Waals surface area contributed by atoms with E-state index in [1.807, 2.05) is 0 Å². The Morgan fingerprint density at radius 2 is 1.13 bits per heavy atom. The van der Waals surface area contributed by atoms with Crippen molar-refractivity contribution >= 4 is 11.9 Å². The third-order valence-electron chi connectivity index (χ3n) is 0.919. The van der Waals surface area contributed by atoms with E-state index in [2.05, 4.69) is 4.74 Å². The maximum Gasteiger partial charge on any atom is 0.332 e. The molecule has 2 unspecified atom stereocenters. The van der Waals surface area contributed by atoms with Crippen LogP contribution >= 0.6 is 0 Å². The summed E-state index contributed by atoms with van der Waals surface area (Å²) in [6, 6.07) is 0. The van der Waals surface area contributed by atoms with Crippen molar-refractivity contribution in [3.8, 4) is 0 Å². The van der Waals surface area contributed by atoms with Gasteiger partial charge in [0.1, 0.15) is 12.2 Å². The zero-order valence-electron chi connectivity index (χ0n) is 8.58. The first-order chi connectivity index (χ1) is 6.79. The molecule has 1 aliphatic heterocycles. The summed E-state index contributed by atoms with van der Waals surface area (Å²) in [6.45, 7) is 4.39. The highest BCUT2D eigenvalue weighted by molar-refractivity contribution is 5.71. The average Bonchev–Trinajstić information content (AvgIpc) is 2.90. The first-order valence-corrected chi connectivity index (χ1v) is 4.18. The molecular formula is C8H16O7. The topological polar surface area (TPSA) is 128 Å². The van der Waals surface area contributed by atoms with E-state index in [1.165, 1.54) is 13.8 Å². The van der Waals surface area contributed by atoms with Gasteiger partial charge in [-0.3, -0.25) is 0 Å². The van der Waals surface area contributed by atoms with Crippen LogP contribution in [0.4, 0.5) is 0 Å². The molecule has 0 saturated carbocycles. The number of carboxylic acids is 2. The van der Waals surface area contributed by atoms with Crippen molar-refractivity contribution in [1.29, 1.82) is 0 Å². The molecule has 0 radical (unpaired) electrons. The summed E-state index contributed by atoms with van der Waals surface area (Å²) >= 11 is 0. The predicted octanol–water partition coefficient (Wildman–Crippen LogP) is -1.08. The number of aliphatic hydroxyl groups is 2. The normalized spacial score (nSPS) is 15.7. The molecule has 0 bridgehead atoms. The van der Waals surface area contributed by atoms with Crippen LogP contribution in [0, 0.1) is 0 Å². The van der Waals surface area contributed by atoms with Gasteiger partial charge in [-0.1, -0.05) is 0 Å². The second-order valence-electron chi connectivity index (χ2n) is 2.64. The molecule has 1 saturated heterocycles. The third-order valence-corrected chi connectivity index (χ3v) is 0.919. The lowest BCUT2D eigenvalue weighted by Gasteiger charge is -1.89. The number of carbonyl (C=O) groups is 2. The van der Waals surface area contributed by atoms with E-state index in [0.717, 1.165) is 13.2 Å². The van der Waals surface area contributed by atoms with Gasteiger partial charge >= 0.3 is 11.9 Å². The molecule has 1 heterocycles. The number of hydrogen-bond acceptors (Lipinski definition) is 5. The standard InChI is InChI=1S/2C3H6O3.C2H4O/c2*1-2(4)3(5)6;1-2-3-1/h2*2,4H,1H3,(H,5,6);1-2H2. The van der Waals surface area contributed by atoms with Gasteiger partial charge in [-0.15, -0.1) is 0 Å². The van der Waals surface area contributed by atoms with Gasteiger partial charge < -0.3 is 25.2 Å².